The molecule has 8 heteroatoms. The van der Waals surface area contributed by atoms with Crippen LogP contribution in [0.25, 0.3) is 32.0 Å². The SMILES string of the molecule is COc1ccc(Cl)c2sc(NC(=O)c3cc4c(ccc5ccccc54)oc3=O)nc12. The van der Waals surface area contributed by atoms with Gasteiger partial charge in [0.05, 0.1) is 16.8 Å². The van der Waals surface area contributed by atoms with E-state index in [1.807, 2.05) is 30.3 Å². The number of ether oxygens (including phenoxy) is 1. The normalized spacial score (nSPS) is 11.3. The maximum atomic E-state index is 12.9. The van der Waals surface area contributed by atoms with Crippen LogP contribution in [-0.2, 0) is 0 Å². The first-order chi connectivity index (χ1) is 14.5. The van der Waals surface area contributed by atoms with Crippen molar-refractivity contribution in [2.75, 3.05) is 12.4 Å². The summed E-state index contributed by atoms with van der Waals surface area (Å²) in [5, 5.41) is 6.04. The summed E-state index contributed by atoms with van der Waals surface area (Å²) in [5.41, 5.74) is 0.150. The van der Waals surface area contributed by atoms with Crippen molar-refractivity contribution in [1.29, 1.82) is 0 Å². The molecule has 0 radical (unpaired) electrons. The van der Waals surface area contributed by atoms with Crippen molar-refractivity contribution in [3.8, 4) is 5.75 Å². The van der Waals surface area contributed by atoms with E-state index in [1.54, 1.807) is 24.3 Å². The van der Waals surface area contributed by atoms with Crippen LogP contribution in [0.1, 0.15) is 10.4 Å². The smallest absolute Gasteiger partial charge is 0.349 e. The number of carbonyl (C=O) groups excluding carboxylic acids is 1. The molecule has 5 aromatic rings. The van der Waals surface area contributed by atoms with Crippen LogP contribution in [0.15, 0.2) is 63.8 Å². The lowest BCUT2D eigenvalue weighted by atomic mass is 10.0. The molecule has 1 N–H and O–H groups in total. The van der Waals surface area contributed by atoms with E-state index in [0.29, 0.717) is 37.1 Å². The molecule has 0 saturated heterocycles. The van der Waals surface area contributed by atoms with E-state index < -0.39 is 11.5 Å². The second-order valence-corrected chi connectivity index (χ2v) is 7.95. The quantitative estimate of drug-likeness (QED) is 0.299. The van der Waals surface area contributed by atoms with Crippen molar-refractivity contribution in [2.45, 2.75) is 0 Å². The van der Waals surface area contributed by atoms with Crippen LogP contribution in [0.4, 0.5) is 5.13 Å². The summed E-state index contributed by atoms with van der Waals surface area (Å²) in [5.74, 6) is -0.0597. The molecule has 0 spiro atoms. The predicted octanol–water partition coefficient (Wildman–Crippen LogP) is 5.47. The zero-order chi connectivity index (χ0) is 20.8. The maximum Gasteiger partial charge on any atom is 0.349 e. The number of aromatic nitrogens is 1. The molecule has 148 valence electrons. The van der Waals surface area contributed by atoms with Gasteiger partial charge >= 0.3 is 5.63 Å². The van der Waals surface area contributed by atoms with E-state index in [9.17, 15) is 9.59 Å². The number of hydrogen-bond donors (Lipinski definition) is 1. The summed E-state index contributed by atoms with van der Waals surface area (Å²) < 4.78 is 11.4. The number of carbonyl (C=O) groups is 1. The highest BCUT2D eigenvalue weighted by Crippen LogP contribution is 2.37. The van der Waals surface area contributed by atoms with Gasteiger partial charge in [-0.25, -0.2) is 9.78 Å². The molecule has 6 nitrogen and oxygen atoms in total. The van der Waals surface area contributed by atoms with Gasteiger partial charge in [-0.3, -0.25) is 10.1 Å². The first-order valence-corrected chi connectivity index (χ1v) is 10.1. The van der Waals surface area contributed by atoms with Crippen LogP contribution in [0.3, 0.4) is 0 Å². The number of benzene rings is 3. The summed E-state index contributed by atoms with van der Waals surface area (Å²) in [6.07, 6.45) is 0. The Balaban J connectivity index is 1.59. The highest BCUT2D eigenvalue weighted by molar-refractivity contribution is 7.23. The molecule has 1 amide bonds. The highest BCUT2D eigenvalue weighted by Gasteiger charge is 2.18. The van der Waals surface area contributed by atoms with Crippen LogP contribution in [0.5, 0.6) is 5.75 Å². The number of methoxy groups -OCH3 is 1. The predicted molar refractivity (Wildman–Crippen MR) is 119 cm³/mol. The third kappa shape index (κ3) is 2.99. The van der Waals surface area contributed by atoms with Crippen molar-refractivity contribution < 1.29 is 13.9 Å². The van der Waals surface area contributed by atoms with E-state index in [-0.39, 0.29) is 5.56 Å². The summed E-state index contributed by atoms with van der Waals surface area (Å²) in [6, 6.07) is 16.3. The number of thiazole rings is 1. The number of rotatable bonds is 3. The van der Waals surface area contributed by atoms with Gasteiger partial charge in [-0.15, -0.1) is 0 Å². The van der Waals surface area contributed by atoms with Gasteiger partial charge in [0.1, 0.15) is 22.4 Å². The zero-order valence-electron chi connectivity index (χ0n) is 15.6. The topological polar surface area (TPSA) is 81.4 Å². The Bertz CT molecular complexity index is 1520. The summed E-state index contributed by atoms with van der Waals surface area (Å²) >= 11 is 7.44. The fourth-order valence-electron chi connectivity index (χ4n) is 3.36. The van der Waals surface area contributed by atoms with E-state index >= 15 is 0 Å². The highest BCUT2D eigenvalue weighted by atomic mass is 35.5. The molecule has 0 fully saturated rings. The van der Waals surface area contributed by atoms with Gasteiger partial charge in [0, 0.05) is 5.39 Å². The second-order valence-electron chi connectivity index (χ2n) is 6.55. The monoisotopic (exact) mass is 436 g/mol. The molecule has 0 atom stereocenters. The number of nitrogens with zero attached hydrogens (tertiary/aromatic N) is 1. The fraction of sp³-hybridized carbons (Fsp3) is 0.0455. The molecule has 3 aromatic carbocycles. The summed E-state index contributed by atoms with van der Waals surface area (Å²) in [6.45, 7) is 0. The van der Waals surface area contributed by atoms with E-state index in [1.165, 1.54) is 18.4 Å². The summed E-state index contributed by atoms with van der Waals surface area (Å²) in [4.78, 5) is 29.7. The second kappa shape index (κ2) is 7.12. The minimum absolute atomic E-state index is 0.101. The zero-order valence-corrected chi connectivity index (χ0v) is 17.1. The van der Waals surface area contributed by atoms with Crippen LogP contribution in [-0.4, -0.2) is 18.0 Å². The van der Waals surface area contributed by atoms with Gasteiger partial charge in [0.2, 0.25) is 0 Å². The number of anilines is 1. The lowest BCUT2D eigenvalue weighted by Crippen LogP contribution is -2.20. The molecule has 0 saturated carbocycles. The first-order valence-electron chi connectivity index (χ1n) is 8.95. The molecular weight excluding hydrogens is 424 g/mol. The Hall–Kier alpha value is -3.42. The Morgan fingerprint density at radius 2 is 1.97 bits per heavy atom. The lowest BCUT2D eigenvalue weighted by Gasteiger charge is -2.05. The molecule has 0 bridgehead atoms. The minimum atomic E-state index is -0.716. The maximum absolute atomic E-state index is 12.9. The van der Waals surface area contributed by atoms with Gasteiger partial charge in [-0.2, -0.15) is 0 Å². The third-order valence-corrected chi connectivity index (χ3v) is 6.22. The Labute approximate surface area is 178 Å². The van der Waals surface area contributed by atoms with Gasteiger partial charge in [-0.1, -0.05) is 53.3 Å². The van der Waals surface area contributed by atoms with Crippen molar-refractivity contribution >= 4 is 65.9 Å². The van der Waals surface area contributed by atoms with Crippen molar-refractivity contribution in [3.63, 3.8) is 0 Å². The molecule has 2 heterocycles. The fourth-order valence-corrected chi connectivity index (χ4v) is 4.52. The average Bonchev–Trinajstić information content (AvgIpc) is 3.18. The van der Waals surface area contributed by atoms with Crippen molar-refractivity contribution in [1.82, 2.24) is 4.98 Å². The molecule has 0 unspecified atom stereocenters. The molecule has 0 aliphatic rings. The lowest BCUT2D eigenvalue weighted by molar-refractivity contribution is 0.102. The molecule has 2 aromatic heterocycles. The van der Waals surface area contributed by atoms with E-state index in [4.69, 9.17) is 20.8 Å². The number of nitrogens with one attached hydrogen (secondary N) is 1. The molecule has 30 heavy (non-hydrogen) atoms. The standard InChI is InChI=1S/C22H13ClN2O4S/c1-28-17-9-7-15(23)19-18(17)24-22(30-19)25-20(26)14-10-13-12-5-3-2-4-11(12)6-8-16(13)29-21(14)27/h2-10H,1H3,(H,24,25,26). The van der Waals surface area contributed by atoms with Crippen molar-refractivity contribution in [3.05, 3.63) is 75.6 Å². The van der Waals surface area contributed by atoms with Gasteiger partial charge in [-0.05, 0) is 35.0 Å². The Morgan fingerprint density at radius 3 is 2.80 bits per heavy atom. The van der Waals surface area contributed by atoms with Gasteiger partial charge in [0.25, 0.3) is 5.91 Å². The largest absolute Gasteiger partial charge is 0.494 e. The average molecular weight is 437 g/mol. The van der Waals surface area contributed by atoms with Gasteiger partial charge < -0.3 is 9.15 Å². The number of amides is 1. The Morgan fingerprint density at radius 1 is 1.13 bits per heavy atom. The third-order valence-electron chi connectivity index (χ3n) is 4.79. The summed E-state index contributed by atoms with van der Waals surface area (Å²) in [7, 11) is 1.53. The van der Waals surface area contributed by atoms with Crippen LogP contribution in [0, 0.1) is 0 Å². The minimum Gasteiger partial charge on any atom is -0.494 e. The molecule has 0 aliphatic carbocycles. The van der Waals surface area contributed by atoms with E-state index in [0.717, 1.165) is 10.8 Å². The number of fused-ring (bicyclic) bond motifs is 4. The molecular formula is C22H13ClN2O4S. The molecule has 5 rings (SSSR count). The van der Waals surface area contributed by atoms with Crippen LogP contribution < -0.4 is 15.7 Å². The van der Waals surface area contributed by atoms with Gasteiger partial charge in [0.15, 0.2) is 5.13 Å². The van der Waals surface area contributed by atoms with Crippen molar-refractivity contribution in [2.24, 2.45) is 0 Å². The Kier molecular flexibility index (Phi) is 4.42. The van der Waals surface area contributed by atoms with Crippen LogP contribution >= 0.6 is 22.9 Å². The number of hydrogen-bond acceptors (Lipinski definition) is 6. The van der Waals surface area contributed by atoms with E-state index in [2.05, 4.69) is 10.3 Å². The first kappa shape index (κ1) is 18.6. The molecule has 0 aliphatic heterocycles. The van der Waals surface area contributed by atoms with Crippen LogP contribution in [0.2, 0.25) is 5.02 Å². The number of halogens is 1.